The van der Waals surface area contributed by atoms with E-state index in [2.05, 4.69) is 13.2 Å². The minimum atomic E-state index is -0.922. The Bertz CT molecular complexity index is 836. The van der Waals surface area contributed by atoms with Crippen molar-refractivity contribution in [3.8, 4) is 11.5 Å². The minimum absolute atomic E-state index is 0.00739. The Hall–Kier alpha value is -2.78. The van der Waals surface area contributed by atoms with Gasteiger partial charge in [0, 0.05) is 15.9 Å². The van der Waals surface area contributed by atoms with Crippen molar-refractivity contribution in [2.45, 2.75) is 22.0 Å². The van der Waals surface area contributed by atoms with E-state index in [0.29, 0.717) is 18.1 Å². The molecular formula is C24H28O7S. The molecule has 0 bridgehead atoms. The Morgan fingerprint density at radius 1 is 0.844 bits per heavy atom. The number of benzene rings is 2. The Morgan fingerprint density at radius 2 is 1.34 bits per heavy atom. The summed E-state index contributed by atoms with van der Waals surface area (Å²) in [5, 5.41) is 19.6. The third-order valence-corrected chi connectivity index (χ3v) is 4.91. The number of ether oxygens (including phenoxy) is 4. The second-order valence-corrected chi connectivity index (χ2v) is 7.78. The minimum Gasteiger partial charge on any atom is -0.491 e. The van der Waals surface area contributed by atoms with Crippen LogP contribution in [-0.2, 0) is 14.3 Å². The Labute approximate surface area is 192 Å². The van der Waals surface area contributed by atoms with Crippen LogP contribution in [0, 0.1) is 0 Å². The molecule has 0 fully saturated rings. The highest BCUT2D eigenvalue weighted by Gasteiger charge is 2.09. The van der Waals surface area contributed by atoms with E-state index in [1.54, 1.807) is 30.0 Å². The molecule has 2 aromatic rings. The molecule has 2 aromatic carbocycles. The number of rotatable bonds is 15. The summed E-state index contributed by atoms with van der Waals surface area (Å²) >= 11 is 1.58. The van der Waals surface area contributed by atoms with E-state index in [4.69, 9.17) is 18.9 Å². The maximum Gasteiger partial charge on any atom is 0.330 e. The lowest BCUT2D eigenvalue weighted by Crippen LogP contribution is -2.24. The lowest BCUT2D eigenvalue weighted by molar-refractivity contribution is -0.141. The van der Waals surface area contributed by atoms with Crippen molar-refractivity contribution >= 4 is 17.7 Å². The van der Waals surface area contributed by atoms with Crippen molar-refractivity contribution < 1.29 is 34.0 Å². The topological polar surface area (TPSA) is 94.5 Å². The molecule has 0 spiro atoms. The van der Waals surface area contributed by atoms with Gasteiger partial charge >= 0.3 is 5.97 Å². The summed E-state index contributed by atoms with van der Waals surface area (Å²) in [7, 11) is 0. The zero-order valence-electron chi connectivity index (χ0n) is 17.7. The number of esters is 1. The molecule has 7 nitrogen and oxygen atoms in total. The van der Waals surface area contributed by atoms with Crippen LogP contribution in [0.15, 0.2) is 83.6 Å². The van der Waals surface area contributed by atoms with Gasteiger partial charge in [0.15, 0.2) is 0 Å². The predicted octanol–water partition coefficient (Wildman–Crippen LogP) is 3.25. The van der Waals surface area contributed by atoms with Crippen molar-refractivity contribution in [2.24, 2.45) is 0 Å². The van der Waals surface area contributed by atoms with Gasteiger partial charge in [-0.25, -0.2) is 4.79 Å². The van der Waals surface area contributed by atoms with Crippen LogP contribution in [0.2, 0.25) is 0 Å². The molecule has 0 aromatic heterocycles. The number of aliphatic hydroxyl groups excluding tert-OH is 2. The first-order valence-corrected chi connectivity index (χ1v) is 10.8. The van der Waals surface area contributed by atoms with Gasteiger partial charge in [0.25, 0.3) is 0 Å². The van der Waals surface area contributed by atoms with E-state index in [1.807, 2.05) is 36.4 Å². The second kappa shape index (κ2) is 14.3. The molecule has 0 saturated heterocycles. The van der Waals surface area contributed by atoms with E-state index in [1.165, 1.54) is 0 Å². The fourth-order valence-electron chi connectivity index (χ4n) is 2.35. The van der Waals surface area contributed by atoms with Crippen LogP contribution in [0.25, 0.3) is 0 Å². The van der Waals surface area contributed by atoms with Crippen LogP contribution >= 0.6 is 11.8 Å². The fraction of sp³-hybridized carbons (Fsp3) is 0.292. The summed E-state index contributed by atoms with van der Waals surface area (Å²) in [5.74, 6) is 0.678. The maximum absolute atomic E-state index is 11.0. The number of aliphatic hydroxyl groups is 2. The Kier molecular flexibility index (Phi) is 11.4. The number of hydrogen-bond donors (Lipinski definition) is 2. The number of carbonyl (C=O) groups excluding carboxylic acids is 1. The summed E-state index contributed by atoms with van der Waals surface area (Å²) < 4.78 is 21.0. The summed E-state index contributed by atoms with van der Waals surface area (Å²) in [5.41, 5.74) is 0. The Balaban J connectivity index is 1.74. The highest BCUT2D eigenvalue weighted by molar-refractivity contribution is 7.99. The molecule has 0 amide bonds. The van der Waals surface area contributed by atoms with E-state index in [9.17, 15) is 15.0 Å². The van der Waals surface area contributed by atoms with E-state index in [0.717, 1.165) is 15.9 Å². The zero-order valence-corrected chi connectivity index (χ0v) is 18.5. The van der Waals surface area contributed by atoms with Crippen LogP contribution in [-0.4, -0.2) is 61.4 Å². The summed E-state index contributed by atoms with van der Waals surface area (Å²) in [4.78, 5) is 13.0. The molecule has 0 heterocycles. The van der Waals surface area contributed by atoms with Crippen LogP contribution in [0.1, 0.15) is 0 Å². The molecule has 0 radical (unpaired) electrons. The molecular weight excluding hydrogens is 432 g/mol. The fourth-order valence-corrected chi connectivity index (χ4v) is 3.17. The van der Waals surface area contributed by atoms with Crippen LogP contribution in [0.3, 0.4) is 0 Å². The lowest BCUT2D eigenvalue weighted by Gasteiger charge is -2.13. The van der Waals surface area contributed by atoms with Gasteiger partial charge in [-0.2, -0.15) is 0 Å². The van der Waals surface area contributed by atoms with Gasteiger partial charge in [-0.1, -0.05) is 24.4 Å². The normalized spacial score (nSPS) is 12.4. The molecule has 0 aliphatic rings. The molecule has 0 aliphatic heterocycles. The van der Waals surface area contributed by atoms with E-state index >= 15 is 0 Å². The van der Waals surface area contributed by atoms with Gasteiger partial charge in [-0.3, -0.25) is 0 Å². The van der Waals surface area contributed by atoms with Crippen molar-refractivity contribution in [3.63, 3.8) is 0 Å². The molecule has 32 heavy (non-hydrogen) atoms. The maximum atomic E-state index is 11.0. The summed E-state index contributed by atoms with van der Waals surface area (Å²) in [6.07, 6.45) is 1.04. The Morgan fingerprint density at radius 3 is 1.81 bits per heavy atom. The second-order valence-electron chi connectivity index (χ2n) is 6.63. The van der Waals surface area contributed by atoms with Gasteiger partial charge in [0.05, 0.1) is 13.2 Å². The average molecular weight is 461 g/mol. The molecule has 2 unspecified atom stereocenters. The van der Waals surface area contributed by atoms with E-state index < -0.39 is 18.2 Å². The van der Waals surface area contributed by atoms with Gasteiger partial charge < -0.3 is 29.2 Å². The largest absolute Gasteiger partial charge is 0.491 e. The van der Waals surface area contributed by atoms with Gasteiger partial charge in [-0.05, 0) is 48.5 Å². The van der Waals surface area contributed by atoms with Gasteiger partial charge in [-0.15, -0.1) is 6.58 Å². The molecule has 172 valence electrons. The quantitative estimate of drug-likeness (QED) is 0.181. The van der Waals surface area contributed by atoms with Gasteiger partial charge in [0.1, 0.15) is 43.5 Å². The van der Waals surface area contributed by atoms with E-state index in [-0.39, 0.29) is 26.4 Å². The van der Waals surface area contributed by atoms with Crippen LogP contribution < -0.4 is 9.47 Å². The molecule has 2 atom stereocenters. The van der Waals surface area contributed by atoms with Crippen molar-refractivity contribution in [1.29, 1.82) is 0 Å². The third-order valence-electron chi connectivity index (χ3n) is 3.90. The van der Waals surface area contributed by atoms with Crippen LogP contribution in [0.4, 0.5) is 0 Å². The highest BCUT2D eigenvalue weighted by Crippen LogP contribution is 2.30. The van der Waals surface area contributed by atoms with Crippen molar-refractivity contribution in [2.75, 3.05) is 33.0 Å². The first-order valence-electron chi connectivity index (χ1n) is 9.97. The highest BCUT2D eigenvalue weighted by atomic mass is 32.2. The lowest BCUT2D eigenvalue weighted by atomic mass is 10.3. The average Bonchev–Trinajstić information content (AvgIpc) is 2.81. The molecule has 2 N–H and O–H groups in total. The first-order chi connectivity index (χ1) is 15.5. The smallest absolute Gasteiger partial charge is 0.330 e. The predicted molar refractivity (Wildman–Crippen MR) is 122 cm³/mol. The SMILES string of the molecule is C=CCOCC(O)COc1ccc(Sc2ccc(OCC(O)COC(=O)C=C)cc2)cc1. The summed E-state index contributed by atoms with van der Waals surface area (Å²) in [6, 6.07) is 15.0. The molecule has 0 aliphatic carbocycles. The molecule has 8 heteroatoms. The summed E-state index contributed by atoms with van der Waals surface area (Å²) in [6.45, 7) is 7.43. The molecule has 0 saturated carbocycles. The number of hydrogen-bond acceptors (Lipinski definition) is 8. The number of carbonyl (C=O) groups is 1. The third kappa shape index (κ3) is 10.0. The van der Waals surface area contributed by atoms with Gasteiger partial charge in [0.2, 0.25) is 0 Å². The first kappa shape index (κ1) is 25.5. The monoisotopic (exact) mass is 460 g/mol. The zero-order chi connectivity index (χ0) is 23.2. The molecule has 2 rings (SSSR count). The standard InChI is InChI=1S/C24H28O7S/c1-3-13-28-14-18(25)15-29-20-5-9-22(10-6-20)32-23-11-7-21(8-12-23)30-16-19(26)17-31-24(27)4-2/h3-12,18-19,25-26H,1-2,13-17H2. The van der Waals surface area contributed by atoms with Crippen molar-refractivity contribution in [1.82, 2.24) is 0 Å². The van der Waals surface area contributed by atoms with Crippen LogP contribution in [0.5, 0.6) is 11.5 Å². The van der Waals surface area contributed by atoms with Crippen molar-refractivity contribution in [3.05, 3.63) is 73.8 Å².